The normalized spacial score (nSPS) is 10.6. The second-order valence-electron chi connectivity index (χ2n) is 2.85. The Morgan fingerprint density at radius 1 is 1.43 bits per heavy atom. The van der Waals surface area contributed by atoms with Gasteiger partial charge in [0.2, 0.25) is 0 Å². The van der Waals surface area contributed by atoms with Crippen LogP contribution in [0.25, 0.3) is 10.2 Å². The first-order valence-corrected chi connectivity index (χ1v) is 5.10. The first-order valence-electron chi connectivity index (χ1n) is 4.29. The van der Waals surface area contributed by atoms with Crippen molar-refractivity contribution in [3.63, 3.8) is 0 Å². The van der Waals surface area contributed by atoms with E-state index in [1.165, 1.54) is 11.3 Å². The lowest BCUT2D eigenvalue weighted by molar-refractivity contribution is 0.344. The first-order chi connectivity index (χ1) is 6.70. The van der Waals surface area contributed by atoms with Crippen molar-refractivity contribution in [3.8, 4) is 5.75 Å². The molecule has 4 nitrogen and oxygen atoms in total. The molecule has 0 spiro atoms. The number of nitrogen functional groups attached to an aromatic ring is 2. The highest BCUT2D eigenvalue weighted by atomic mass is 32.1. The Bertz CT molecular complexity index is 466. The molecular formula is C9H11N3OS. The quantitative estimate of drug-likeness (QED) is 0.740. The molecule has 0 unspecified atom stereocenters. The molecule has 0 aliphatic rings. The van der Waals surface area contributed by atoms with Crippen molar-refractivity contribution in [3.05, 3.63) is 12.1 Å². The molecule has 0 saturated heterocycles. The molecule has 0 amide bonds. The minimum atomic E-state index is 0.534. The molecular weight excluding hydrogens is 198 g/mol. The fourth-order valence-electron chi connectivity index (χ4n) is 1.30. The Kier molecular flexibility index (Phi) is 2.17. The molecule has 0 saturated carbocycles. The van der Waals surface area contributed by atoms with Gasteiger partial charge in [-0.2, -0.15) is 0 Å². The van der Waals surface area contributed by atoms with Gasteiger partial charge in [-0.1, -0.05) is 11.3 Å². The SMILES string of the molecule is CCOc1cc(N)cc2sc(N)nc12. The predicted octanol–water partition coefficient (Wildman–Crippen LogP) is 1.86. The first kappa shape index (κ1) is 9.08. The molecule has 0 aliphatic carbocycles. The third-order valence-electron chi connectivity index (χ3n) is 1.80. The zero-order chi connectivity index (χ0) is 10.1. The highest BCUT2D eigenvalue weighted by Crippen LogP contribution is 2.33. The summed E-state index contributed by atoms with van der Waals surface area (Å²) in [7, 11) is 0. The van der Waals surface area contributed by atoms with Crippen LogP contribution in [-0.4, -0.2) is 11.6 Å². The highest BCUT2D eigenvalue weighted by Gasteiger charge is 2.08. The molecule has 1 heterocycles. The van der Waals surface area contributed by atoms with Gasteiger partial charge in [0.15, 0.2) is 5.13 Å². The lowest BCUT2D eigenvalue weighted by atomic mass is 10.3. The number of nitrogens with zero attached hydrogens (tertiary/aromatic N) is 1. The summed E-state index contributed by atoms with van der Waals surface area (Å²) in [5, 5.41) is 0.534. The van der Waals surface area contributed by atoms with Gasteiger partial charge in [-0.15, -0.1) is 0 Å². The lowest BCUT2D eigenvalue weighted by Gasteiger charge is -2.04. The fraction of sp³-hybridized carbons (Fsp3) is 0.222. The van der Waals surface area contributed by atoms with Crippen LogP contribution in [0.5, 0.6) is 5.75 Å². The van der Waals surface area contributed by atoms with Crippen molar-refractivity contribution in [2.45, 2.75) is 6.92 Å². The van der Waals surface area contributed by atoms with Crippen LogP contribution < -0.4 is 16.2 Å². The number of hydrogen-bond donors (Lipinski definition) is 2. The van der Waals surface area contributed by atoms with E-state index in [-0.39, 0.29) is 0 Å². The van der Waals surface area contributed by atoms with E-state index in [1.807, 2.05) is 13.0 Å². The molecule has 0 aliphatic heterocycles. The smallest absolute Gasteiger partial charge is 0.181 e. The van der Waals surface area contributed by atoms with Gasteiger partial charge in [0, 0.05) is 11.8 Å². The van der Waals surface area contributed by atoms with E-state index in [0.29, 0.717) is 23.2 Å². The molecule has 0 radical (unpaired) electrons. The van der Waals surface area contributed by atoms with Crippen molar-refractivity contribution in [1.29, 1.82) is 0 Å². The van der Waals surface area contributed by atoms with E-state index in [0.717, 1.165) is 10.2 Å². The highest BCUT2D eigenvalue weighted by molar-refractivity contribution is 7.22. The Hall–Kier alpha value is -1.49. The van der Waals surface area contributed by atoms with Crippen molar-refractivity contribution < 1.29 is 4.74 Å². The van der Waals surface area contributed by atoms with E-state index in [4.69, 9.17) is 16.2 Å². The number of nitrogens with two attached hydrogens (primary N) is 2. The Balaban J connectivity index is 2.66. The third-order valence-corrected chi connectivity index (χ3v) is 2.63. The number of ether oxygens (including phenoxy) is 1. The Morgan fingerprint density at radius 3 is 2.93 bits per heavy atom. The number of benzene rings is 1. The maximum atomic E-state index is 5.72. The van der Waals surface area contributed by atoms with Crippen LogP contribution in [0.15, 0.2) is 12.1 Å². The molecule has 1 aromatic carbocycles. The van der Waals surface area contributed by atoms with Gasteiger partial charge in [-0.25, -0.2) is 4.98 Å². The molecule has 0 bridgehead atoms. The molecule has 74 valence electrons. The van der Waals surface area contributed by atoms with Crippen molar-refractivity contribution in [1.82, 2.24) is 4.98 Å². The zero-order valence-corrected chi connectivity index (χ0v) is 8.60. The van der Waals surface area contributed by atoms with Crippen LogP contribution in [0.2, 0.25) is 0 Å². The van der Waals surface area contributed by atoms with Crippen LogP contribution in [0.4, 0.5) is 10.8 Å². The molecule has 5 heteroatoms. The lowest BCUT2D eigenvalue weighted by Crippen LogP contribution is -1.94. The standard InChI is InChI=1S/C9H11N3OS/c1-2-13-6-3-5(10)4-7-8(6)12-9(11)14-7/h3-4H,2,10H2,1H3,(H2,11,12). The zero-order valence-electron chi connectivity index (χ0n) is 7.78. The summed E-state index contributed by atoms with van der Waals surface area (Å²) >= 11 is 1.41. The van der Waals surface area contributed by atoms with Gasteiger partial charge in [0.1, 0.15) is 11.3 Å². The molecule has 4 N–H and O–H groups in total. The number of hydrogen-bond acceptors (Lipinski definition) is 5. The van der Waals surface area contributed by atoms with E-state index < -0.39 is 0 Å². The van der Waals surface area contributed by atoms with E-state index in [9.17, 15) is 0 Å². The summed E-state index contributed by atoms with van der Waals surface area (Å²) in [4.78, 5) is 4.19. The number of fused-ring (bicyclic) bond motifs is 1. The average Bonchev–Trinajstić information content (AvgIpc) is 2.45. The minimum absolute atomic E-state index is 0.534. The van der Waals surface area contributed by atoms with Gasteiger partial charge in [0.05, 0.1) is 11.3 Å². The van der Waals surface area contributed by atoms with Crippen LogP contribution in [0.3, 0.4) is 0 Å². The van der Waals surface area contributed by atoms with Gasteiger partial charge in [0.25, 0.3) is 0 Å². The molecule has 2 rings (SSSR count). The van der Waals surface area contributed by atoms with Crippen LogP contribution in [0, 0.1) is 0 Å². The van der Waals surface area contributed by atoms with E-state index >= 15 is 0 Å². The van der Waals surface area contributed by atoms with Crippen molar-refractivity contribution in [2.24, 2.45) is 0 Å². The maximum Gasteiger partial charge on any atom is 0.181 e. The summed E-state index contributed by atoms with van der Waals surface area (Å²) < 4.78 is 6.39. The molecule has 14 heavy (non-hydrogen) atoms. The minimum Gasteiger partial charge on any atom is -0.491 e. The van der Waals surface area contributed by atoms with Crippen LogP contribution in [0.1, 0.15) is 6.92 Å². The number of anilines is 2. The topological polar surface area (TPSA) is 74.2 Å². The molecule has 0 fully saturated rings. The van der Waals surface area contributed by atoms with Gasteiger partial charge in [-0.3, -0.25) is 0 Å². The molecule has 0 atom stereocenters. The van der Waals surface area contributed by atoms with Gasteiger partial charge < -0.3 is 16.2 Å². The molecule has 2 aromatic rings. The summed E-state index contributed by atoms with van der Waals surface area (Å²) in [6.07, 6.45) is 0. The predicted molar refractivity (Wildman–Crippen MR) is 59.6 cm³/mol. The number of thiazole rings is 1. The second-order valence-corrected chi connectivity index (χ2v) is 3.91. The van der Waals surface area contributed by atoms with Crippen LogP contribution in [-0.2, 0) is 0 Å². The third kappa shape index (κ3) is 1.46. The van der Waals surface area contributed by atoms with E-state index in [2.05, 4.69) is 4.98 Å². The summed E-state index contributed by atoms with van der Waals surface area (Å²) in [5.74, 6) is 0.704. The van der Waals surface area contributed by atoms with Crippen molar-refractivity contribution in [2.75, 3.05) is 18.1 Å². The monoisotopic (exact) mass is 209 g/mol. The largest absolute Gasteiger partial charge is 0.491 e. The molecule has 1 aromatic heterocycles. The second kappa shape index (κ2) is 3.34. The van der Waals surface area contributed by atoms with Crippen molar-refractivity contribution >= 4 is 32.4 Å². The van der Waals surface area contributed by atoms with E-state index in [1.54, 1.807) is 6.07 Å². The number of aromatic nitrogens is 1. The number of rotatable bonds is 2. The summed E-state index contributed by atoms with van der Waals surface area (Å²) in [5.41, 5.74) is 12.8. The Labute approximate surface area is 85.5 Å². The maximum absolute atomic E-state index is 5.72. The summed E-state index contributed by atoms with van der Waals surface area (Å²) in [6, 6.07) is 3.62. The van der Waals surface area contributed by atoms with Gasteiger partial charge >= 0.3 is 0 Å². The van der Waals surface area contributed by atoms with Crippen LogP contribution >= 0.6 is 11.3 Å². The Morgan fingerprint density at radius 2 is 2.21 bits per heavy atom. The summed E-state index contributed by atoms with van der Waals surface area (Å²) in [6.45, 7) is 2.51. The van der Waals surface area contributed by atoms with Gasteiger partial charge in [-0.05, 0) is 13.0 Å². The fourth-order valence-corrected chi connectivity index (χ4v) is 2.10. The average molecular weight is 209 g/mol.